The van der Waals surface area contributed by atoms with Crippen LogP contribution >= 0.6 is 0 Å². The van der Waals surface area contributed by atoms with Crippen LogP contribution in [0.25, 0.3) is 22.6 Å². The third-order valence-corrected chi connectivity index (χ3v) is 4.61. The van der Waals surface area contributed by atoms with Gasteiger partial charge in [-0.25, -0.2) is 4.98 Å². The number of hydrogen-bond acceptors (Lipinski definition) is 3. The lowest BCUT2D eigenvalue weighted by Gasteiger charge is -2.14. The third-order valence-electron chi connectivity index (χ3n) is 4.61. The summed E-state index contributed by atoms with van der Waals surface area (Å²) in [5, 5.41) is 2.94. The Hall–Kier alpha value is -2.69. The number of benzene rings is 1. The predicted octanol–water partition coefficient (Wildman–Crippen LogP) is 3.42. The summed E-state index contributed by atoms with van der Waals surface area (Å²) in [5.41, 5.74) is 5.14. The van der Waals surface area contributed by atoms with E-state index in [1.165, 1.54) is 0 Å². The molecule has 3 aromatic rings. The van der Waals surface area contributed by atoms with Gasteiger partial charge in [0.15, 0.2) is 5.82 Å². The second kappa shape index (κ2) is 4.65. The maximum atomic E-state index is 12.1. The minimum absolute atomic E-state index is 0.0263. The van der Waals surface area contributed by atoms with Crippen molar-refractivity contribution < 1.29 is 4.79 Å². The van der Waals surface area contributed by atoms with Gasteiger partial charge in [0.1, 0.15) is 5.69 Å². The number of imidazole rings is 1. The Balaban J connectivity index is 1.89. The van der Waals surface area contributed by atoms with Crippen LogP contribution in [0.4, 0.5) is 5.69 Å². The van der Waals surface area contributed by atoms with Crippen molar-refractivity contribution in [2.45, 2.75) is 32.6 Å². The van der Waals surface area contributed by atoms with Crippen LogP contribution in [0.15, 0.2) is 30.5 Å². The van der Waals surface area contributed by atoms with Gasteiger partial charge in [-0.3, -0.25) is 9.78 Å². The fourth-order valence-electron chi connectivity index (χ4n) is 3.13. The number of aromatic nitrogens is 3. The van der Waals surface area contributed by atoms with Gasteiger partial charge in [-0.05, 0) is 49.6 Å². The van der Waals surface area contributed by atoms with Crippen LogP contribution in [0, 0.1) is 0 Å². The van der Waals surface area contributed by atoms with E-state index in [4.69, 9.17) is 0 Å². The summed E-state index contributed by atoms with van der Waals surface area (Å²) in [6, 6.07) is 7.97. The lowest BCUT2D eigenvalue weighted by atomic mass is 9.86. The molecule has 116 valence electrons. The molecule has 0 spiro atoms. The van der Waals surface area contributed by atoms with E-state index in [0.717, 1.165) is 45.8 Å². The number of nitrogens with one attached hydrogen (secondary N) is 2. The molecule has 0 unspecified atom stereocenters. The van der Waals surface area contributed by atoms with Gasteiger partial charge >= 0.3 is 0 Å². The second-order valence-electron chi connectivity index (χ2n) is 6.44. The van der Waals surface area contributed by atoms with Gasteiger partial charge in [-0.15, -0.1) is 0 Å². The van der Waals surface area contributed by atoms with Gasteiger partial charge in [-0.1, -0.05) is 13.0 Å². The molecule has 2 aromatic heterocycles. The van der Waals surface area contributed by atoms with Crippen LogP contribution in [0.3, 0.4) is 0 Å². The topological polar surface area (TPSA) is 70.7 Å². The Morgan fingerprint density at radius 2 is 2.09 bits per heavy atom. The summed E-state index contributed by atoms with van der Waals surface area (Å²) >= 11 is 0. The van der Waals surface area contributed by atoms with E-state index in [9.17, 15) is 4.79 Å². The van der Waals surface area contributed by atoms with Crippen molar-refractivity contribution in [2.24, 2.45) is 0 Å². The Bertz CT molecular complexity index is 939. The zero-order valence-electron chi connectivity index (χ0n) is 13.4. The van der Waals surface area contributed by atoms with E-state index in [1.807, 2.05) is 32.0 Å². The molecule has 1 aliphatic heterocycles. The van der Waals surface area contributed by atoms with Crippen LogP contribution < -0.4 is 5.32 Å². The molecular weight excluding hydrogens is 288 g/mol. The molecule has 0 saturated carbocycles. The minimum atomic E-state index is -0.519. The number of rotatable bonds is 2. The van der Waals surface area contributed by atoms with Crippen LogP contribution in [0.1, 0.15) is 31.9 Å². The number of hydrogen-bond donors (Lipinski definition) is 2. The number of H-pyrrole nitrogens is 1. The van der Waals surface area contributed by atoms with Crippen LogP contribution in [0.5, 0.6) is 0 Å². The highest BCUT2D eigenvalue weighted by Crippen LogP contribution is 2.39. The molecule has 1 amide bonds. The standard InChI is InChI=1S/C18H18N4O/c1-4-10-6-5-7-19-15(10)16-20-13-8-11-12(9-14(13)21-16)22-17(23)18(11,2)3/h5-9H,4H2,1-3H3,(H,20,21)(H,22,23). The Morgan fingerprint density at radius 3 is 2.87 bits per heavy atom. The van der Waals surface area contributed by atoms with E-state index in [1.54, 1.807) is 6.20 Å². The zero-order chi connectivity index (χ0) is 16.2. The van der Waals surface area contributed by atoms with E-state index in [0.29, 0.717) is 0 Å². The van der Waals surface area contributed by atoms with Gasteiger partial charge in [0.05, 0.1) is 16.4 Å². The molecule has 0 aliphatic carbocycles. The Kier molecular flexibility index (Phi) is 2.82. The molecule has 0 saturated heterocycles. The quantitative estimate of drug-likeness (QED) is 0.762. The van der Waals surface area contributed by atoms with Crippen molar-refractivity contribution >= 4 is 22.6 Å². The molecule has 5 heteroatoms. The van der Waals surface area contributed by atoms with Crippen molar-refractivity contribution in [1.82, 2.24) is 15.0 Å². The number of pyridine rings is 1. The van der Waals surface area contributed by atoms with Gasteiger partial charge in [-0.2, -0.15) is 0 Å². The molecule has 0 radical (unpaired) electrons. The second-order valence-corrected chi connectivity index (χ2v) is 6.44. The summed E-state index contributed by atoms with van der Waals surface area (Å²) in [7, 11) is 0. The number of carbonyl (C=O) groups is 1. The van der Waals surface area contributed by atoms with Gasteiger partial charge in [0, 0.05) is 11.9 Å². The normalized spacial score (nSPS) is 15.7. The minimum Gasteiger partial charge on any atom is -0.337 e. The number of fused-ring (bicyclic) bond motifs is 2. The van der Waals surface area contributed by atoms with Gasteiger partial charge in [0.2, 0.25) is 5.91 Å². The van der Waals surface area contributed by atoms with Crippen LogP contribution in [-0.2, 0) is 16.6 Å². The lowest BCUT2D eigenvalue weighted by Crippen LogP contribution is -2.26. The average molecular weight is 306 g/mol. The molecule has 3 heterocycles. The molecule has 0 fully saturated rings. The molecule has 0 bridgehead atoms. The van der Waals surface area contributed by atoms with E-state index < -0.39 is 5.41 Å². The highest BCUT2D eigenvalue weighted by Gasteiger charge is 2.38. The number of anilines is 1. The predicted molar refractivity (Wildman–Crippen MR) is 90.4 cm³/mol. The molecular formula is C18H18N4O. The first-order valence-corrected chi connectivity index (χ1v) is 7.80. The molecule has 1 aromatic carbocycles. The molecule has 4 rings (SSSR count). The van der Waals surface area contributed by atoms with Crippen molar-refractivity contribution in [3.8, 4) is 11.5 Å². The lowest BCUT2D eigenvalue weighted by molar-refractivity contribution is -0.119. The number of aromatic amines is 1. The SMILES string of the molecule is CCc1cccnc1-c1nc2cc3c(cc2[nH]1)C(C)(C)C(=O)N3. The Morgan fingerprint density at radius 1 is 1.26 bits per heavy atom. The third kappa shape index (κ3) is 1.96. The van der Waals surface area contributed by atoms with Crippen LogP contribution in [-0.4, -0.2) is 20.9 Å². The monoisotopic (exact) mass is 306 g/mol. The van der Waals surface area contributed by atoms with Crippen molar-refractivity contribution in [3.63, 3.8) is 0 Å². The summed E-state index contributed by atoms with van der Waals surface area (Å²) < 4.78 is 0. The summed E-state index contributed by atoms with van der Waals surface area (Å²) in [4.78, 5) is 24.6. The zero-order valence-corrected chi connectivity index (χ0v) is 13.4. The number of carbonyl (C=O) groups excluding carboxylic acids is 1. The first-order valence-electron chi connectivity index (χ1n) is 7.80. The number of amides is 1. The van der Waals surface area contributed by atoms with E-state index in [2.05, 4.69) is 33.3 Å². The summed E-state index contributed by atoms with van der Waals surface area (Å²) in [6.07, 6.45) is 2.69. The molecule has 23 heavy (non-hydrogen) atoms. The van der Waals surface area contributed by atoms with E-state index >= 15 is 0 Å². The molecule has 5 nitrogen and oxygen atoms in total. The maximum Gasteiger partial charge on any atom is 0.234 e. The highest BCUT2D eigenvalue weighted by atomic mass is 16.2. The fraction of sp³-hybridized carbons (Fsp3) is 0.278. The summed E-state index contributed by atoms with van der Waals surface area (Å²) in [5.74, 6) is 0.795. The summed E-state index contributed by atoms with van der Waals surface area (Å²) in [6.45, 7) is 5.98. The molecule has 0 atom stereocenters. The molecule has 2 N–H and O–H groups in total. The van der Waals surface area contributed by atoms with Crippen LogP contribution in [0.2, 0.25) is 0 Å². The first-order chi connectivity index (χ1) is 11.0. The van der Waals surface area contributed by atoms with Crippen molar-refractivity contribution in [3.05, 3.63) is 41.6 Å². The average Bonchev–Trinajstić information content (AvgIpc) is 3.05. The highest BCUT2D eigenvalue weighted by molar-refractivity contribution is 6.07. The molecule has 1 aliphatic rings. The smallest absolute Gasteiger partial charge is 0.234 e. The van der Waals surface area contributed by atoms with Gasteiger partial charge < -0.3 is 10.3 Å². The van der Waals surface area contributed by atoms with Crippen molar-refractivity contribution in [2.75, 3.05) is 5.32 Å². The largest absolute Gasteiger partial charge is 0.337 e. The number of aryl methyl sites for hydroxylation is 1. The fourth-order valence-corrected chi connectivity index (χ4v) is 3.13. The first kappa shape index (κ1) is 13.9. The Labute approximate surface area is 134 Å². The maximum absolute atomic E-state index is 12.1. The number of nitrogens with zero attached hydrogens (tertiary/aromatic N) is 2. The van der Waals surface area contributed by atoms with Crippen molar-refractivity contribution in [1.29, 1.82) is 0 Å². The van der Waals surface area contributed by atoms with E-state index in [-0.39, 0.29) is 5.91 Å². The van der Waals surface area contributed by atoms with Gasteiger partial charge in [0.25, 0.3) is 0 Å².